The van der Waals surface area contributed by atoms with Crippen molar-refractivity contribution in [2.24, 2.45) is 11.3 Å². The Morgan fingerprint density at radius 2 is 1.64 bits per heavy atom. The maximum absolute atomic E-state index is 13.7. The van der Waals surface area contributed by atoms with Gasteiger partial charge in [0.15, 0.2) is 11.7 Å². The predicted octanol–water partition coefficient (Wildman–Crippen LogP) is 2.62. The Balaban J connectivity index is 2.11. The molecule has 0 amide bonds. The fraction of sp³-hybridized carbons (Fsp3) is 0.625. The Bertz CT molecular complexity index is 1390. The number of fused-ring (bicyclic) bond motifs is 1. The molecule has 8 unspecified atom stereocenters. The van der Waals surface area contributed by atoms with Gasteiger partial charge < -0.3 is 33.5 Å². The van der Waals surface area contributed by atoms with E-state index >= 15 is 0 Å². The second kappa shape index (κ2) is 12.2. The van der Waals surface area contributed by atoms with Crippen LogP contribution in [0.25, 0.3) is 0 Å². The molecule has 4 rings (SSSR count). The van der Waals surface area contributed by atoms with Crippen molar-refractivity contribution >= 4 is 29.8 Å². The number of rotatable bonds is 8. The normalized spacial score (nSPS) is 35.0. The van der Waals surface area contributed by atoms with Crippen molar-refractivity contribution in [1.82, 2.24) is 4.98 Å². The topological polar surface area (TPSA) is 174 Å². The molecule has 1 N–H and O–H groups in total. The van der Waals surface area contributed by atoms with Crippen LogP contribution < -0.4 is 0 Å². The summed E-state index contributed by atoms with van der Waals surface area (Å²) in [6, 6.07) is 3.04. The summed E-state index contributed by atoms with van der Waals surface area (Å²) in [5, 5.41) is 12.4. The van der Waals surface area contributed by atoms with Gasteiger partial charge in [0.25, 0.3) is 0 Å². The van der Waals surface area contributed by atoms with Gasteiger partial charge >= 0.3 is 29.8 Å². The Hall–Kier alpha value is -3.84. The third kappa shape index (κ3) is 5.60. The molecule has 1 aromatic rings. The van der Waals surface area contributed by atoms with E-state index in [4.69, 9.17) is 28.4 Å². The third-order valence-corrected chi connectivity index (χ3v) is 9.32. The first-order valence-corrected chi connectivity index (χ1v) is 14.8. The highest BCUT2D eigenvalue weighted by atomic mass is 16.6. The molecular formula is C32H41NO12. The third-order valence-electron chi connectivity index (χ3n) is 9.32. The zero-order valence-corrected chi connectivity index (χ0v) is 26.8. The van der Waals surface area contributed by atoms with E-state index in [9.17, 15) is 29.1 Å². The van der Waals surface area contributed by atoms with E-state index in [1.807, 2.05) is 0 Å². The first-order chi connectivity index (χ1) is 20.9. The number of hydrogen-bond donors (Lipinski definition) is 1. The fourth-order valence-corrected chi connectivity index (χ4v) is 7.49. The molecule has 13 nitrogen and oxygen atoms in total. The van der Waals surface area contributed by atoms with Gasteiger partial charge in [-0.3, -0.25) is 19.4 Å². The molecule has 3 fully saturated rings. The molecule has 0 radical (unpaired) electrons. The minimum Gasteiger partial charge on any atom is -0.465 e. The van der Waals surface area contributed by atoms with Gasteiger partial charge in [-0.1, -0.05) is 6.08 Å². The van der Waals surface area contributed by atoms with Crippen molar-refractivity contribution in [1.29, 1.82) is 0 Å². The van der Waals surface area contributed by atoms with Crippen molar-refractivity contribution in [3.63, 3.8) is 0 Å². The number of esters is 5. The van der Waals surface area contributed by atoms with Gasteiger partial charge in [-0.15, -0.1) is 0 Å². The predicted molar refractivity (Wildman–Crippen MR) is 154 cm³/mol. The number of carbonyl (C=O) groups is 5. The number of aliphatic hydroxyl groups is 1. The minimum absolute atomic E-state index is 0.00321. The maximum Gasteiger partial charge on any atom is 0.340 e. The highest BCUT2D eigenvalue weighted by Gasteiger charge is 2.87. The van der Waals surface area contributed by atoms with Crippen LogP contribution in [0.3, 0.4) is 0 Å². The molecule has 2 bridgehead atoms. The van der Waals surface area contributed by atoms with Crippen LogP contribution in [-0.2, 0) is 47.6 Å². The summed E-state index contributed by atoms with van der Waals surface area (Å²) in [7, 11) is 0. The largest absolute Gasteiger partial charge is 0.465 e. The molecule has 3 aliphatic rings. The zero-order chi connectivity index (χ0) is 33.5. The Morgan fingerprint density at radius 3 is 2.20 bits per heavy atom. The monoisotopic (exact) mass is 631 g/mol. The summed E-state index contributed by atoms with van der Waals surface area (Å²) in [5.74, 6) is -4.89. The molecule has 2 saturated carbocycles. The van der Waals surface area contributed by atoms with E-state index in [2.05, 4.69) is 4.98 Å². The minimum atomic E-state index is -2.05. The van der Waals surface area contributed by atoms with Crippen LogP contribution >= 0.6 is 0 Å². The van der Waals surface area contributed by atoms with Crippen LogP contribution in [0.4, 0.5) is 0 Å². The Morgan fingerprint density at radius 1 is 0.978 bits per heavy atom. The standard InChI is InChI=1S/C32H41NO12/c1-9-17(2)27(37)44-26-24(42-20(5)36)23-25(43-28(38)21-11-10-14-33-15-21)32(45-29(23,6)7)30(8,39)13-12-22(41-19(4)35)31(26,32)16-40-18(3)34/h9-11,14-15,22-26,39H,12-13,16H2,1-8H3. The lowest BCUT2D eigenvalue weighted by Gasteiger charge is -2.65. The lowest BCUT2D eigenvalue weighted by Crippen LogP contribution is -2.83. The summed E-state index contributed by atoms with van der Waals surface area (Å²) >= 11 is 0. The molecule has 1 spiro atoms. The second-order valence-electron chi connectivity index (χ2n) is 12.6. The van der Waals surface area contributed by atoms with Crippen molar-refractivity contribution in [2.75, 3.05) is 6.61 Å². The molecule has 1 aromatic heterocycles. The number of allylic oxidation sites excluding steroid dienone is 1. The van der Waals surface area contributed by atoms with Crippen molar-refractivity contribution in [3.8, 4) is 0 Å². The van der Waals surface area contributed by atoms with Gasteiger partial charge in [-0.25, -0.2) is 9.59 Å². The fourth-order valence-electron chi connectivity index (χ4n) is 7.49. The summed E-state index contributed by atoms with van der Waals surface area (Å²) in [4.78, 5) is 69.0. The van der Waals surface area contributed by atoms with Crippen LogP contribution in [-0.4, -0.2) is 87.8 Å². The molecule has 1 aliphatic heterocycles. The first-order valence-electron chi connectivity index (χ1n) is 14.8. The average Bonchev–Trinajstić information content (AvgIpc) is 3.15. The smallest absolute Gasteiger partial charge is 0.340 e. The quantitative estimate of drug-likeness (QED) is 0.252. The van der Waals surface area contributed by atoms with Crippen LogP contribution in [0.15, 0.2) is 36.2 Å². The number of carbonyl (C=O) groups excluding carboxylic acids is 5. The number of ether oxygens (including phenoxy) is 6. The lowest BCUT2D eigenvalue weighted by atomic mass is 9.46. The molecule has 1 saturated heterocycles. The molecule has 8 atom stereocenters. The molecule has 2 heterocycles. The highest BCUT2D eigenvalue weighted by Crippen LogP contribution is 2.69. The van der Waals surface area contributed by atoms with Crippen LogP contribution in [0.2, 0.25) is 0 Å². The second-order valence-corrected chi connectivity index (χ2v) is 12.6. The number of hydrogen-bond acceptors (Lipinski definition) is 13. The van der Waals surface area contributed by atoms with Gasteiger partial charge in [0.05, 0.1) is 22.7 Å². The van der Waals surface area contributed by atoms with Crippen molar-refractivity contribution < 1.29 is 57.5 Å². The van der Waals surface area contributed by atoms with Crippen LogP contribution in [0, 0.1) is 11.3 Å². The van der Waals surface area contributed by atoms with E-state index in [1.165, 1.54) is 45.3 Å². The Kier molecular flexibility index (Phi) is 9.20. The zero-order valence-electron chi connectivity index (χ0n) is 26.8. The van der Waals surface area contributed by atoms with Gasteiger partial charge in [-0.2, -0.15) is 0 Å². The van der Waals surface area contributed by atoms with Gasteiger partial charge in [0.1, 0.15) is 30.3 Å². The van der Waals surface area contributed by atoms with Gasteiger partial charge in [-0.05, 0) is 59.6 Å². The van der Waals surface area contributed by atoms with E-state index in [-0.39, 0.29) is 24.0 Å². The molecule has 2 aliphatic carbocycles. The summed E-state index contributed by atoms with van der Waals surface area (Å²) < 4.78 is 36.7. The van der Waals surface area contributed by atoms with Crippen LogP contribution in [0.1, 0.15) is 78.6 Å². The number of aromatic nitrogens is 1. The van der Waals surface area contributed by atoms with Crippen LogP contribution in [0.5, 0.6) is 0 Å². The molecular weight excluding hydrogens is 590 g/mol. The molecule has 246 valence electrons. The molecule has 0 aromatic carbocycles. The first kappa shape index (κ1) is 34.0. The van der Waals surface area contributed by atoms with E-state index in [0.29, 0.717) is 0 Å². The highest BCUT2D eigenvalue weighted by molar-refractivity contribution is 5.89. The summed E-state index contributed by atoms with van der Waals surface area (Å²) in [6.45, 7) is 10.8. The van der Waals surface area contributed by atoms with Gasteiger partial charge in [0, 0.05) is 38.7 Å². The van der Waals surface area contributed by atoms with E-state index < -0.39 is 89.0 Å². The maximum atomic E-state index is 13.7. The van der Waals surface area contributed by atoms with E-state index in [1.54, 1.807) is 26.8 Å². The number of nitrogens with zero attached hydrogens (tertiary/aromatic N) is 1. The van der Waals surface area contributed by atoms with Gasteiger partial charge in [0.2, 0.25) is 0 Å². The van der Waals surface area contributed by atoms with E-state index in [0.717, 1.165) is 13.8 Å². The molecule has 45 heavy (non-hydrogen) atoms. The Labute approximate surface area is 261 Å². The lowest BCUT2D eigenvalue weighted by molar-refractivity contribution is -0.348. The summed E-state index contributed by atoms with van der Waals surface area (Å²) in [5.41, 5.74) is -6.94. The van der Waals surface area contributed by atoms with Crippen molar-refractivity contribution in [2.45, 2.75) is 109 Å². The number of pyridine rings is 1. The molecule has 13 heteroatoms. The summed E-state index contributed by atoms with van der Waals surface area (Å²) in [6.07, 6.45) is -1.30. The van der Waals surface area contributed by atoms with Crippen molar-refractivity contribution in [3.05, 3.63) is 41.7 Å². The SMILES string of the molecule is CC=C(C)C(=O)OC1C(OC(C)=O)C2C(OC(=O)c3cccnc3)C3(OC2(C)C)C(C)(O)CCC(OC(C)=O)C13COC(C)=O. The average molecular weight is 632 g/mol.